The Kier molecular flexibility index (Phi) is 5.79. The number of nitrogens with zero attached hydrogens (tertiary/aromatic N) is 3. The van der Waals surface area contributed by atoms with Crippen LogP contribution in [-0.2, 0) is 13.0 Å². The van der Waals surface area contributed by atoms with Crippen LogP contribution in [0.3, 0.4) is 0 Å². The van der Waals surface area contributed by atoms with Crippen LogP contribution < -0.4 is 10.2 Å². The van der Waals surface area contributed by atoms with Gasteiger partial charge in [-0.25, -0.2) is 9.37 Å². The van der Waals surface area contributed by atoms with Gasteiger partial charge in [-0.05, 0) is 30.5 Å². The predicted octanol–water partition coefficient (Wildman–Crippen LogP) is 4.22. The van der Waals surface area contributed by atoms with Crippen LogP contribution in [0.25, 0.3) is 0 Å². The van der Waals surface area contributed by atoms with Gasteiger partial charge in [0.25, 0.3) is 0 Å². The van der Waals surface area contributed by atoms with Crippen molar-refractivity contribution in [2.45, 2.75) is 19.9 Å². The van der Waals surface area contributed by atoms with Crippen molar-refractivity contribution >= 4 is 11.8 Å². The van der Waals surface area contributed by atoms with E-state index in [1.54, 1.807) is 12.1 Å². The van der Waals surface area contributed by atoms with E-state index in [0.29, 0.717) is 24.5 Å². The first-order valence-corrected chi connectivity index (χ1v) is 8.70. The molecule has 4 nitrogen and oxygen atoms in total. The summed E-state index contributed by atoms with van der Waals surface area (Å²) in [5.41, 5.74) is 2.80. The van der Waals surface area contributed by atoms with E-state index in [1.165, 1.54) is 11.6 Å². The summed E-state index contributed by atoms with van der Waals surface area (Å²) in [6.07, 6.45) is 0.602. The summed E-state index contributed by atoms with van der Waals surface area (Å²) in [5.74, 6) is 1.25. The summed E-state index contributed by atoms with van der Waals surface area (Å²) in [6, 6.07) is 19.0. The first-order valence-electron chi connectivity index (χ1n) is 8.70. The molecule has 0 saturated heterocycles. The fraction of sp³-hybridized carbons (Fsp3) is 0.238. The molecular weight excluding hydrogens is 327 g/mol. The van der Waals surface area contributed by atoms with Crippen LogP contribution in [0.5, 0.6) is 0 Å². The Labute approximate surface area is 153 Å². The SMILES string of the molecule is Cc1cc(NCCc2ccccc2F)nc(N(C)Cc2ccccc2)n1. The van der Waals surface area contributed by atoms with Crippen LogP contribution in [0.2, 0.25) is 0 Å². The molecule has 2 aromatic carbocycles. The molecule has 1 heterocycles. The minimum atomic E-state index is -0.170. The van der Waals surface area contributed by atoms with Gasteiger partial charge in [-0.15, -0.1) is 0 Å². The van der Waals surface area contributed by atoms with Crippen LogP contribution in [0, 0.1) is 12.7 Å². The molecule has 1 N–H and O–H groups in total. The van der Waals surface area contributed by atoms with Gasteiger partial charge >= 0.3 is 0 Å². The molecular formula is C21H23FN4. The molecule has 0 fully saturated rings. The third-order valence-electron chi connectivity index (χ3n) is 4.10. The Morgan fingerprint density at radius 1 is 1.00 bits per heavy atom. The van der Waals surface area contributed by atoms with E-state index in [4.69, 9.17) is 0 Å². The van der Waals surface area contributed by atoms with Crippen molar-refractivity contribution in [1.29, 1.82) is 0 Å². The highest BCUT2D eigenvalue weighted by atomic mass is 19.1. The number of aryl methyl sites for hydroxylation is 1. The van der Waals surface area contributed by atoms with E-state index in [2.05, 4.69) is 27.4 Å². The second-order valence-corrected chi connectivity index (χ2v) is 6.30. The lowest BCUT2D eigenvalue weighted by Crippen LogP contribution is -2.20. The highest BCUT2D eigenvalue weighted by Gasteiger charge is 2.08. The molecule has 0 unspecified atom stereocenters. The Hall–Kier alpha value is -2.95. The fourth-order valence-corrected chi connectivity index (χ4v) is 2.77. The summed E-state index contributed by atoms with van der Waals surface area (Å²) in [7, 11) is 1.98. The zero-order chi connectivity index (χ0) is 18.4. The zero-order valence-corrected chi connectivity index (χ0v) is 15.1. The molecule has 1 aromatic heterocycles. The summed E-state index contributed by atoms with van der Waals surface area (Å²) in [5, 5.41) is 3.28. The molecule has 0 aliphatic rings. The third-order valence-corrected chi connectivity index (χ3v) is 4.10. The smallest absolute Gasteiger partial charge is 0.227 e. The van der Waals surface area contributed by atoms with E-state index in [-0.39, 0.29) is 5.82 Å². The maximum Gasteiger partial charge on any atom is 0.227 e. The largest absolute Gasteiger partial charge is 0.370 e. The average molecular weight is 350 g/mol. The molecule has 0 saturated carbocycles. The molecule has 0 atom stereocenters. The van der Waals surface area contributed by atoms with Crippen LogP contribution >= 0.6 is 0 Å². The minimum Gasteiger partial charge on any atom is -0.370 e. The van der Waals surface area contributed by atoms with Gasteiger partial charge in [0.05, 0.1) is 0 Å². The van der Waals surface area contributed by atoms with Gasteiger partial charge in [0.15, 0.2) is 0 Å². The van der Waals surface area contributed by atoms with Crippen molar-refractivity contribution in [3.8, 4) is 0 Å². The Bertz CT molecular complexity index is 852. The average Bonchev–Trinajstić information content (AvgIpc) is 2.64. The number of halogens is 1. The standard InChI is InChI=1S/C21H23FN4/c1-16-14-20(23-13-12-18-10-6-7-11-19(18)22)25-21(24-16)26(2)15-17-8-4-3-5-9-17/h3-11,14H,12-13,15H2,1-2H3,(H,23,24,25). The number of rotatable bonds is 7. The van der Waals surface area contributed by atoms with Gasteiger partial charge in [-0.3, -0.25) is 0 Å². The normalized spacial score (nSPS) is 10.6. The van der Waals surface area contributed by atoms with Crippen LogP contribution in [-0.4, -0.2) is 23.6 Å². The van der Waals surface area contributed by atoms with Gasteiger partial charge in [-0.2, -0.15) is 4.98 Å². The van der Waals surface area contributed by atoms with Gasteiger partial charge < -0.3 is 10.2 Å². The van der Waals surface area contributed by atoms with E-state index < -0.39 is 0 Å². The number of aromatic nitrogens is 2. The third kappa shape index (κ3) is 4.79. The lowest BCUT2D eigenvalue weighted by atomic mass is 10.1. The van der Waals surface area contributed by atoms with Crippen molar-refractivity contribution < 1.29 is 4.39 Å². The second kappa shape index (κ2) is 8.43. The molecule has 0 amide bonds. The van der Waals surface area contributed by atoms with E-state index >= 15 is 0 Å². The van der Waals surface area contributed by atoms with Crippen molar-refractivity contribution in [2.75, 3.05) is 23.8 Å². The Balaban J connectivity index is 1.64. The first-order chi connectivity index (χ1) is 12.6. The summed E-state index contributed by atoms with van der Waals surface area (Å²) in [6.45, 7) is 3.29. The van der Waals surface area contributed by atoms with Crippen molar-refractivity contribution in [1.82, 2.24) is 9.97 Å². The van der Waals surface area contributed by atoms with Gasteiger partial charge in [0, 0.05) is 31.9 Å². The quantitative estimate of drug-likeness (QED) is 0.693. The zero-order valence-electron chi connectivity index (χ0n) is 15.1. The van der Waals surface area contributed by atoms with Gasteiger partial charge in [0.2, 0.25) is 5.95 Å². The molecule has 0 radical (unpaired) electrons. The number of nitrogens with one attached hydrogen (secondary N) is 1. The van der Waals surface area contributed by atoms with E-state index in [0.717, 1.165) is 18.1 Å². The topological polar surface area (TPSA) is 41.1 Å². The van der Waals surface area contributed by atoms with Crippen molar-refractivity contribution in [2.24, 2.45) is 0 Å². The van der Waals surface area contributed by atoms with Crippen LogP contribution in [0.4, 0.5) is 16.2 Å². The molecule has 0 bridgehead atoms. The van der Waals surface area contributed by atoms with Gasteiger partial charge in [0.1, 0.15) is 11.6 Å². The second-order valence-electron chi connectivity index (χ2n) is 6.30. The lowest BCUT2D eigenvalue weighted by Gasteiger charge is -2.18. The van der Waals surface area contributed by atoms with E-state index in [1.807, 2.05) is 49.2 Å². The van der Waals surface area contributed by atoms with Gasteiger partial charge in [-0.1, -0.05) is 48.5 Å². The lowest BCUT2D eigenvalue weighted by molar-refractivity contribution is 0.610. The molecule has 26 heavy (non-hydrogen) atoms. The maximum absolute atomic E-state index is 13.7. The molecule has 0 aliphatic carbocycles. The Morgan fingerprint density at radius 3 is 2.50 bits per heavy atom. The number of hydrogen-bond acceptors (Lipinski definition) is 4. The number of benzene rings is 2. The molecule has 3 aromatic rings. The van der Waals surface area contributed by atoms with Crippen molar-refractivity contribution in [3.63, 3.8) is 0 Å². The molecule has 134 valence electrons. The van der Waals surface area contributed by atoms with Crippen LogP contribution in [0.15, 0.2) is 60.7 Å². The molecule has 0 aliphatic heterocycles. The van der Waals surface area contributed by atoms with Crippen molar-refractivity contribution in [3.05, 3.63) is 83.3 Å². The summed E-state index contributed by atoms with van der Waals surface area (Å²) in [4.78, 5) is 11.1. The minimum absolute atomic E-state index is 0.170. The number of anilines is 2. The summed E-state index contributed by atoms with van der Waals surface area (Å²) >= 11 is 0. The highest BCUT2D eigenvalue weighted by Crippen LogP contribution is 2.15. The molecule has 0 spiro atoms. The molecule has 3 rings (SSSR count). The fourth-order valence-electron chi connectivity index (χ4n) is 2.77. The highest BCUT2D eigenvalue weighted by molar-refractivity contribution is 5.44. The predicted molar refractivity (Wildman–Crippen MR) is 104 cm³/mol. The molecule has 5 heteroatoms. The maximum atomic E-state index is 13.7. The van der Waals surface area contributed by atoms with E-state index in [9.17, 15) is 4.39 Å². The summed E-state index contributed by atoms with van der Waals surface area (Å²) < 4.78 is 13.7. The number of hydrogen-bond donors (Lipinski definition) is 1. The van der Waals surface area contributed by atoms with Crippen LogP contribution in [0.1, 0.15) is 16.8 Å². The monoisotopic (exact) mass is 350 g/mol. The first kappa shape index (κ1) is 17.9. The Morgan fingerprint density at radius 2 is 1.73 bits per heavy atom.